The molecule has 13 heavy (non-hydrogen) atoms. The molecule has 0 bridgehead atoms. The van der Waals surface area contributed by atoms with Crippen LogP contribution in [0.4, 0.5) is 4.39 Å². The van der Waals surface area contributed by atoms with Crippen LogP contribution in [0.2, 0.25) is 0 Å². The molecule has 0 aliphatic heterocycles. The lowest BCUT2D eigenvalue weighted by molar-refractivity contribution is 0.107. The number of halogens is 2. The van der Waals surface area contributed by atoms with Gasteiger partial charge in [-0.3, -0.25) is 4.79 Å². The lowest BCUT2D eigenvalue weighted by Crippen LogP contribution is -1.98. The molecule has 0 saturated heterocycles. The average molecular weight is 203 g/mol. The predicted molar refractivity (Wildman–Crippen MR) is 47.9 cm³/mol. The third kappa shape index (κ3) is 1.98. The smallest absolute Gasteiger partial charge is 0.255 e. The van der Waals surface area contributed by atoms with E-state index in [1.807, 2.05) is 0 Å². The number of hydrogen-bond donors (Lipinski definition) is 0. The second-order valence-corrected chi connectivity index (χ2v) is 2.92. The van der Waals surface area contributed by atoms with E-state index >= 15 is 0 Å². The van der Waals surface area contributed by atoms with Crippen LogP contribution in [0.3, 0.4) is 0 Å². The van der Waals surface area contributed by atoms with Crippen molar-refractivity contribution >= 4 is 16.8 Å². The van der Waals surface area contributed by atoms with Gasteiger partial charge in [0, 0.05) is 0 Å². The molecule has 1 aromatic rings. The van der Waals surface area contributed by atoms with Gasteiger partial charge in [-0.1, -0.05) is 0 Å². The summed E-state index contributed by atoms with van der Waals surface area (Å²) < 4.78 is 18.1. The van der Waals surface area contributed by atoms with Crippen LogP contribution in [-0.4, -0.2) is 12.4 Å². The van der Waals surface area contributed by atoms with Crippen molar-refractivity contribution < 1.29 is 13.9 Å². The molecule has 0 aromatic heterocycles. The Morgan fingerprint density at radius 1 is 1.54 bits per heavy atom. The molecule has 4 heteroatoms. The Balaban J connectivity index is 3.33. The van der Waals surface area contributed by atoms with E-state index in [0.29, 0.717) is 11.3 Å². The molecule has 1 rings (SSSR count). The van der Waals surface area contributed by atoms with Gasteiger partial charge in [0.05, 0.1) is 12.7 Å². The quantitative estimate of drug-likeness (QED) is 0.689. The van der Waals surface area contributed by atoms with Crippen molar-refractivity contribution in [2.24, 2.45) is 0 Å². The van der Waals surface area contributed by atoms with Crippen LogP contribution in [-0.2, 0) is 0 Å². The molecule has 0 fully saturated rings. The highest BCUT2D eigenvalue weighted by molar-refractivity contribution is 6.67. The molecular formula is C9H8ClFO2. The fraction of sp³-hybridized carbons (Fsp3) is 0.222. The second-order valence-electron chi connectivity index (χ2n) is 2.58. The number of methoxy groups -OCH3 is 1. The summed E-state index contributed by atoms with van der Waals surface area (Å²) in [5.74, 6) is -0.177. The molecule has 0 N–H and O–H groups in total. The summed E-state index contributed by atoms with van der Waals surface area (Å²) in [6.45, 7) is 1.54. The van der Waals surface area contributed by atoms with Gasteiger partial charge in [-0.25, -0.2) is 4.39 Å². The van der Waals surface area contributed by atoms with Crippen LogP contribution in [0, 0.1) is 12.7 Å². The van der Waals surface area contributed by atoms with Crippen molar-refractivity contribution in [3.63, 3.8) is 0 Å². The zero-order chi connectivity index (χ0) is 10.0. The number of aryl methyl sites for hydroxylation is 1. The van der Waals surface area contributed by atoms with Crippen LogP contribution in [0.5, 0.6) is 5.75 Å². The minimum absolute atomic E-state index is 0.154. The molecule has 70 valence electrons. The van der Waals surface area contributed by atoms with Gasteiger partial charge >= 0.3 is 0 Å². The summed E-state index contributed by atoms with van der Waals surface area (Å²) in [6, 6.07) is 2.77. The van der Waals surface area contributed by atoms with E-state index in [1.54, 1.807) is 6.92 Å². The summed E-state index contributed by atoms with van der Waals surface area (Å²) in [6.07, 6.45) is 0. The Bertz CT molecular complexity index is 350. The highest BCUT2D eigenvalue weighted by Gasteiger charge is 2.13. The van der Waals surface area contributed by atoms with Gasteiger partial charge in [0.15, 0.2) is 0 Å². The van der Waals surface area contributed by atoms with Gasteiger partial charge in [-0.05, 0) is 36.2 Å². The minimum atomic E-state index is -0.820. The number of carbonyl (C=O) groups is 1. The summed E-state index contributed by atoms with van der Waals surface area (Å²) in [5.41, 5.74) is 0.182. The molecule has 0 saturated carbocycles. The highest BCUT2D eigenvalue weighted by atomic mass is 35.5. The third-order valence-corrected chi connectivity index (χ3v) is 1.88. The van der Waals surface area contributed by atoms with E-state index in [0.717, 1.165) is 0 Å². The Kier molecular flexibility index (Phi) is 2.88. The van der Waals surface area contributed by atoms with Gasteiger partial charge in [-0.2, -0.15) is 0 Å². The second kappa shape index (κ2) is 3.75. The highest BCUT2D eigenvalue weighted by Crippen LogP contribution is 2.21. The van der Waals surface area contributed by atoms with E-state index in [-0.39, 0.29) is 5.56 Å². The van der Waals surface area contributed by atoms with Crippen molar-refractivity contribution in [1.29, 1.82) is 0 Å². The first-order valence-electron chi connectivity index (χ1n) is 3.60. The van der Waals surface area contributed by atoms with Gasteiger partial charge < -0.3 is 4.74 Å². The van der Waals surface area contributed by atoms with Crippen LogP contribution in [0.25, 0.3) is 0 Å². The lowest BCUT2D eigenvalue weighted by Gasteiger charge is -2.05. The molecule has 2 nitrogen and oxygen atoms in total. The lowest BCUT2D eigenvalue weighted by atomic mass is 10.1. The van der Waals surface area contributed by atoms with Crippen molar-refractivity contribution in [3.05, 3.63) is 29.1 Å². The Hall–Kier alpha value is -1.09. The van der Waals surface area contributed by atoms with E-state index in [4.69, 9.17) is 16.3 Å². The third-order valence-electron chi connectivity index (χ3n) is 1.68. The standard InChI is InChI=1S/C9H8ClFO2/c1-5-3-6(13-2)4-7(8(5)11)9(10)12/h3-4H,1-2H3. The van der Waals surface area contributed by atoms with Gasteiger partial charge in [0.1, 0.15) is 11.6 Å². The van der Waals surface area contributed by atoms with Gasteiger partial charge in [0.2, 0.25) is 0 Å². The first kappa shape index (κ1) is 9.99. The molecule has 0 radical (unpaired) electrons. The van der Waals surface area contributed by atoms with Crippen LogP contribution < -0.4 is 4.74 Å². The van der Waals surface area contributed by atoms with E-state index in [1.165, 1.54) is 19.2 Å². The van der Waals surface area contributed by atoms with E-state index in [9.17, 15) is 9.18 Å². The number of carbonyl (C=O) groups excluding carboxylic acids is 1. The SMILES string of the molecule is COc1cc(C)c(F)c(C(=O)Cl)c1. The molecule has 0 heterocycles. The predicted octanol–water partition coefficient (Wildman–Crippen LogP) is 2.52. The summed E-state index contributed by atoms with van der Waals surface area (Å²) in [4.78, 5) is 10.8. The topological polar surface area (TPSA) is 26.3 Å². The Labute approximate surface area is 80.3 Å². The molecule has 0 atom stereocenters. The summed E-state index contributed by atoms with van der Waals surface area (Å²) in [5, 5.41) is -0.820. The number of ether oxygens (including phenoxy) is 1. The molecule has 1 aromatic carbocycles. The molecule has 0 spiro atoms. The minimum Gasteiger partial charge on any atom is -0.497 e. The molecule has 0 aliphatic carbocycles. The van der Waals surface area contributed by atoms with Crippen LogP contribution >= 0.6 is 11.6 Å². The van der Waals surface area contributed by atoms with Gasteiger partial charge in [0.25, 0.3) is 5.24 Å². The largest absolute Gasteiger partial charge is 0.497 e. The number of hydrogen-bond acceptors (Lipinski definition) is 2. The van der Waals surface area contributed by atoms with Crippen molar-refractivity contribution in [2.75, 3.05) is 7.11 Å². The molecular weight excluding hydrogens is 195 g/mol. The Morgan fingerprint density at radius 2 is 2.15 bits per heavy atom. The number of rotatable bonds is 2. The fourth-order valence-electron chi connectivity index (χ4n) is 0.997. The van der Waals surface area contributed by atoms with E-state index < -0.39 is 11.1 Å². The van der Waals surface area contributed by atoms with Crippen LogP contribution in [0.15, 0.2) is 12.1 Å². The maximum Gasteiger partial charge on any atom is 0.255 e. The first-order chi connectivity index (χ1) is 6.06. The van der Waals surface area contributed by atoms with Crippen LogP contribution in [0.1, 0.15) is 15.9 Å². The van der Waals surface area contributed by atoms with Crippen molar-refractivity contribution in [3.8, 4) is 5.75 Å². The zero-order valence-corrected chi connectivity index (χ0v) is 7.98. The molecule has 0 aliphatic rings. The summed E-state index contributed by atoms with van der Waals surface area (Å²) >= 11 is 5.17. The maximum atomic E-state index is 13.2. The average Bonchev–Trinajstić information content (AvgIpc) is 2.09. The number of benzene rings is 1. The first-order valence-corrected chi connectivity index (χ1v) is 3.98. The normalized spacial score (nSPS) is 9.85. The zero-order valence-electron chi connectivity index (χ0n) is 7.23. The van der Waals surface area contributed by atoms with Crippen molar-refractivity contribution in [2.45, 2.75) is 6.92 Å². The molecule has 0 amide bonds. The Morgan fingerprint density at radius 3 is 2.62 bits per heavy atom. The maximum absolute atomic E-state index is 13.2. The monoisotopic (exact) mass is 202 g/mol. The molecule has 0 unspecified atom stereocenters. The fourth-order valence-corrected chi connectivity index (χ4v) is 1.13. The van der Waals surface area contributed by atoms with E-state index in [2.05, 4.69) is 0 Å². The van der Waals surface area contributed by atoms with Gasteiger partial charge in [-0.15, -0.1) is 0 Å². The van der Waals surface area contributed by atoms with Crippen molar-refractivity contribution in [1.82, 2.24) is 0 Å². The summed E-state index contributed by atoms with van der Waals surface area (Å²) in [7, 11) is 1.44.